The van der Waals surface area contributed by atoms with Crippen molar-refractivity contribution in [2.24, 2.45) is 0 Å². The van der Waals surface area contributed by atoms with E-state index in [-0.39, 0.29) is 5.56 Å². The van der Waals surface area contributed by atoms with Crippen molar-refractivity contribution in [3.05, 3.63) is 71.5 Å². The molecule has 4 aromatic rings. The van der Waals surface area contributed by atoms with E-state index in [2.05, 4.69) is 20.2 Å². The zero-order chi connectivity index (χ0) is 14.9. The smallest absolute Gasteiger partial charge is 0.257 e. The van der Waals surface area contributed by atoms with Gasteiger partial charge in [0, 0.05) is 35.8 Å². The zero-order valence-corrected chi connectivity index (χ0v) is 11.5. The Kier molecular flexibility index (Phi) is 2.79. The lowest BCUT2D eigenvalue weighted by Crippen LogP contribution is -2.12. The molecule has 0 aliphatic heterocycles. The highest BCUT2D eigenvalue weighted by atomic mass is 16.1. The molecule has 0 aromatic carbocycles. The lowest BCUT2D eigenvalue weighted by molar-refractivity contribution is 1.05. The number of nitrogens with one attached hydrogen (secondary N) is 1. The molecule has 0 aliphatic carbocycles. The average Bonchev–Trinajstić information content (AvgIpc) is 3.05. The summed E-state index contributed by atoms with van der Waals surface area (Å²) in [6.07, 6.45) is 6.73. The minimum Gasteiger partial charge on any atom is -0.276 e. The van der Waals surface area contributed by atoms with Crippen LogP contribution in [-0.4, -0.2) is 24.6 Å². The van der Waals surface area contributed by atoms with E-state index in [9.17, 15) is 4.79 Å². The maximum atomic E-state index is 11.9. The first-order valence-corrected chi connectivity index (χ1v) is 6.75. The van der Waals surface area contributed by atoms with Crippen molar-refractivity contribution in [2.45, 2.75) is 0 Å². The van der Waals surface area contributed by atoms with Gasteiger partial charge in [0.15, 0.2) is 0 Å². The van der Waals surface area contributed by atoms with Crippen molar-refractivity contribution >= 4 is 5.65 Å². The zero-order valence-electron chi connectivity index (χ0n) is 11.5. The van der Waals surface area contributed by atoms with Crippen LogP contribution in [-0.2, 0) is 0 Å². The highest BCUT2D eigenvalue weighted by Crippen LogP contribution is 2.28. The summed E-state index contributed by atoms with van der Waals surface area (Å²) in [6, 6.07) is 10.9. The first kappa shape index (κ1) is 12.5. The number of fused-ring (bicyclic) bond motifs is 1. The van der Waals surface area contributed by atoms with Crippen LogP contribution in [0.1, 0.15) is 0 Å². The van der Waals surface area contributed by atoms with E-state index in [0.29, 0.717) is 5.65 Å². The largest absolute Gasteiger partial charge is 0.276 e. The first-order valence-electron chi connectivity index (χ1n) is 6.75. The highest BCUT2D eigenvalue weighted by Gasteiger charge is 2.11. The Balaban J connectivity index is 1.92. The van der Waals surface area contributed by atoms with Crippen molar-refractivity contribution in [3.63, 3.8) is 0 Å². The van der Waals surface area contributed by atoms with Gasteiger partial charge in [0.25, 0.3) is 5.56 Å². The monoisotopic (exact) mass is 289 g/mol. The van der Waals surface area contributed by atoms with Gasteiger partial charge in [0.2, 0.25) is 0 Å². The van der Waals surface area contributed by atoms with E-state index in [1.165, 1.54) is 16.7 Å². The summed E-state index contributed by atoms with van der Waals surface area (Å²) < 4.78 is 1.52. The summed E-state index contributed by atoms with van der Waals surface area (Å²) in [5.74, 6) is 0. The summed E-state index contributed by atoms with van der Waals surface area (Å²) in [5, 5.41) is 7.08. The van der Waals surface area contributed by atoms with Crippen molar-refractivity contribution in [3.8, 4) is 22.5 Å². The molecule has 0 bridgehead atoms. The second kappa shape index (κ2) is 4.92. The van der Waals surface area contributed by atoms with Gasteiger partial charge in [-0.15, -0.1) is 0 Å². The number of hydrogen-bond acceptors (Lipinski definition) is 4. The van der Waals surface area contributed by atoms with E-state index >= 15 is 0 Å². The third-order valence-electron chi connectivity index (χ3n) is 3.46. The minimum absolute atomic E-state index is 0.116. The predicted molar refractivity (Wildman–Crippen MR) is 82.3 cm³/mol. The van der Waals surface area contributed by atoms with E-state index in [4.69, 9.17) is 0 Å². The van der Waals surface area contributed by atoms with Gasteiger partial charge >= 0.3 is 0 Å². The van der Waals surface area contributed by atoms with Crippen LogP contribution < -0.4 is 5.56 Å². The van der Waals surface area contributed by atoms with Crippen LogP contribution in [0.2, 0.25) is 0 Å². The molecule has 6 nitrogen and oxygen atoms in total. The Morgan fingerprint density at radius 3 is 2.82 bits per heavy atom. The molecule has 6 heteroatoms. The third kappa shape index (κ3) is 1.98. The Hall–Kier alpha value is -3.28. The summed E-state index contributed by atoms with van der Waals surface area (Å²) >= 11 is 0. The molecule has 0 radical (unpaired) electrons. The molecule has 0 saturated heterocycles. The van der Waals surface area contributed by atoms with Crippen LogP contribution in [0.25, 0.3) is 28.2 Å². The fourth-order valence-electron chi connectivity index (χ4n) is 2.40. The normalized spacial score (nSPS) is 10.9. The average molecular weight is 289 g/mol. The number of rotatable bonds is 2. The maximum absolute atomic E-state index is 11.9. The molecule has 0 atom stereocenters. The fraction of sp³-hybridized carbons (Fsp3) is 0. The molecule has 0 saturated carbocycles. The number of aromatic nitrogens is 5. The topological polar surface area (TPSA) is 75.9 Å². The van der Waals surface area contributed by atoms with Crippen molar-refractivity contribution in [1.29, 1.82) is 0 Å². The molecule has 4 heterocycles. The van der Waals surface area contributed by atoms with Crippen LogP contribution in [0, 0.1) is 0 Å². The minimum atomic E-state index is -0.116. The molecule has 0 spiro atoms. The molecular weight excluding hydrogens is 278 g/mol. The molecule has 0 unspecified atom stereocenters. The van der Waals surface area contributed by atoms with Gasteiger partial charge in [-0.1, -0.05) is 6.07 Å². The molecule has 4 rings (SSSR count). The lowest BCUT2D eigenvalue weighted by atomic mass is 10.1. The SMILES string of the molecule is O=c1ccnc2ccc(-c3cn[nH]c3-c3ccccn3)cn12. The van der Waals surface area contributed by atoms with Gasteiger partial charge in [-0.3, -0.25) is 19.3 Å². The summed E-state index contributed by atoms with van der Waals surface area (Å²) in [6.45, 7) is 0. The van der Waals surface area contributed by atoms with Crippen LogP contribution >= 0.6 is 0 Å². The maximum Gasteiger partial charge on any atom is 0.257 e. The Bertz CT molecular complexity index is 1000. The molecule has 0 amide bonds. The fourth-order valence-corrected chi connectivity index (χ4v) is 2.40. The molecule has 0 fully saturated rings. The number of hydrogen-bond donors (Lipinski definition) is 1. The standard InChI is InChI=1S/C16H11N5O/c22-15-6-8-18-14-5-4-11(10-21(14)15)12-9-19-20-16(12)13-3-1-2-7-17-13/h1-10H,(H,19,20). The molecule has 22 heavy (non-hydrogen) atoms. The van der Waals surface area contributed by atoms with E-state index in [1.807, 2.05) is 30.3 Å². The van der Waals surface area contributed by atoms with Gasteiger partial charge < -0.3 is 0 Å². The Labute approximate surface area is 125 Å². The van der Waals surface area contributed by atoms with Crippen LogP contribution in [0.4, 0.5) is 0 Å². The molecular formula is C16H11N5O. The van der Waals surface area contributed by atoms with Crippen molar-refractivity contribution in [2.75, 3.05) is 0 Å². The molecule has 106 valence electrons. The van der Waals surface area contributed by atoms with Crippen LogP contribution in [0.15, 0.2) is 66.0 Å². The first-order chi connectivity index (χ1) is 10.8. The van der Waals surface area contributed by atoms with Gasteiger partial charge in [-0.05, 0) is 24.3 Å². The third-order valence-corrected chi connectivity index (χ3v) is 3.46. The second-order valence-electron chi connectivity index (χ2n) is 4.80. The van der Waals surface area contributed by atoms with Crippen LogP contribution in [0.5, 0.6) is 0 Å². The second-order valence-corrected chi connectivity index (χ2v) is 4.80. The van der Waals surface area contributed by atoms with Crippen LogP contribution in [0.3, 0.4) is 0 Å². The summed E-state index contributed by atoms with van der Waals surface area (Å²) in [5.41, 5.74) is 3.87. The number of H-pyrrole nitrogens is 1. The van der Waals surface area contributed by atoms with E-state index < -0.39 is 0 Å². The van der Waals surface area contributed by atoms with Gasteiger partial charge in [0.1, 0.15) is 5.65 Å². The quantitative estimate of drug-likeness (QED) is 0.613. The predicted octanol–water partition coefficient (Wildman–Crippen LogP) is 2.15. The molecule has 1 N–H and O–H groups in total. The van der Waals surface area contributed by atoms with E-state index in [1.54, 1.807) is 18.6 Å². The highest BCUT2D eigenvalue weighted by molar-refractivity contribution is 5.78. The Morgan fingerprint density at radius 1 is 1.00 bits per heavy atom. The summed E-state index contributed by atoms with van der Waals surface area (Å²) in [4.78, 5) is 20.4. The van der Waals surface area contributed by atoms with Crippen molar-refractivity contribution in [1.82, 2.24) is 24.6 Å². The Morgan fingerprint density at radius 2 is 1.95 bits per heavy atom. The van der Waals surface area contributed by atoms with Crippen molar-refractivity contribution < 1.29 is 0 Å². The number of nitrogens with zero attached hydrogens (tertiary/aromatic N) is 4. The van der Waals surface area contributed by atoms with Gasteiger partial charge in [-0.25, -0.2) is 4.98 Å². The number of pyridine rings is 2. The number of aromatic amines is 1. The van der Waals surface area contributed by atoms with Gasteiger partial charge in [-0.2, -0.15) is 5.10 Å². The lowest BCUT2D eigenvalue weighted by Gasteiger charge is -2.05. The molecule has 4 aromatic heterocycles. The van der Waals surface area contributed by atoms with Gasteiger partial charge in [0.05, 0.1) is 17.6 Å². The van der Waals surface area contributed by atoms with E-state index in [0.717, 1.165) is 22.5 Å². The molecule has 0 aliphatic rings. The summed E-state index contributed by atoms with van der Waals surface area (Å²) in [7, 11) is 0.